The normalized spacial score (nSPS) is 10.8. The molecule has 0 unspecified atom stereocenters. The van der Waals surface area contributed by atoms with Gasteiger partial charge in [-0.1, -0.05) is 6.07 Å². The first-order valence-electron chi connectivity index (χ1n) is 6.25. The number of halogens is 2. The molecule has 0 spiro atoms. The van der Waals surface area contributed by atoms with Crippen molar-refractivity contribution in [3.63, 3.8) is 0 Å². The van der Waals surface area contributed by atoms with Crippen molar-refractivity contribution in [3.8, 4) is 5.75 Å². The number of ketones is 1. The van der Waals surface area contributed by atoms with Crippen molar-refractivity contribution in [1.29, 1.82) is 0 Å². The number of rotatable bonds is 3. The number of H-pyrrole nitrogens is 1. The standard InChI is InChI=1S/C16H11BrFNO2/c1-21-9-5-6-14-10(7-9)11(8-19-14)16(20)15-12(17)3-2-4-13(15)18/h2-8,19H,1H3. The molecular weight excluding hydrogens is 337 g/mol. The van der Waals surface area contributed by atoms with E-state index >= 15 is 0 Å². The maximum Gasteiger partial charge on any atom is 0.199 e. The smallest absolute Gasteiger partial charge is 0.199 e. The number of carbonyl (C=O) groups excluding carboxylic acids is 1. The van der Waals surface area contributed by atoms with Crippen molar-refractivity contribution in [2.45, 2.75) is 0 Å². The van der Waals surface area contributed by atoms with E-state index in [-0.39, 0.29) is 11.3 Å². The van der Waals surface area contributed by atoms with Gasteiger partial charge in [-0.25, -0.2) is 4.39 Å². The molecule has 1 heterocycles. The molecule has 1 N–H and O–H groups in total. The third-order valence-electron chi connectivity index (χ3n) is 3.32. The maximum atomic E-state index is 14.0. The Labute approximate surface area is 128 Å². The molecule has 0 fully saturated rings. The molecule has 3 nitrogen and oxygen atoms in total. The molecule has 0 bridgehead atoms. The molecule has 0 amide bonds. The molecule has 0 aliphatic carbocycles. The van der Waals surface area contributed by atoms with Crippen molar-refractivity contribution >= 4 is 32.6 Å². The van der Waals surface area contributed by atoms with E-state index in [0.717, 1.165) is 5.52 Å². The third-order valence-corrected chi connectivity index (χ3v) is 3.98. The van der Waals surface area contributed by atoms with Crippen LogP contribution in [-0.4, -0.2) is 17.9 Å². The Morgan fingerprint density at radius 1 is 1.29 bits per heavy atom. The fourth-order valence-electron chi connectivity index (χ4n) is 2.26. The summed E-state index contributed by atoms with van der Waals surface area (Å²) < 4.78 is 19.6. The van der Waals surface area contributed by atoms with Crippen LogP contribution in [0.3, 0.4) is 0 Å². The Balaban J connectivity index is 2.18. The van der Waals surface area contributed by atoms with Crippen molar-refractivity contribution in [2.24, 2.45) is 0 Å². The Kier molecular flexibility index (Phi) is 3.51. The highest BCUT2D eigenvalue weighted by Crippen LogP contribution is 2.28. The summed E-state index contributed by atoms with van der Waals surface area (Å²) >= 11 is 3.23. The maximum absolute atomic E-state index is 14.0. The van der Waals surface area contributed by atoms with Gasteiger partial charge < -0.3 is 9.72 Å². The van der Waals surface area contributed by atoms with Gasteiger partial charge in [0.15, 0.2) is 5.78 Å². The Morgan fingerprint density at radius 3 is 2.81 bits per heavy atom. The SMILES string of the molecule is COc1ccc2[nH]cc(C(=O)c3c(F)cccc3Br)c2c1. The second-order valence-electron chi connectivity index (χ2n) is 4.54. The predicted octanol–water partition coefficient (Wildman–Crippen LogP) is 4.31. The van der Waals surface area contributed by atoms with Crippen molar-refractivity contribution in [2.75, 3.05) is 7.11 Å². The number of benzene rings is 2. The molecule has 1 aromatic heterocycles. The summed E-state index contributed by atoms with van der Waals surface area (Å²) in [5, 5.41) is 0.703. The van der Waals surface area contributed by atoms with Gasteiger partial charge in [-0.3, -0.25) is 4.79 Å². The topological polar surface area (TPSA) is 42.1 Å². The van der Waals surface area contributed by atoms with Gasteiger partial charge in [-0.15, -0.1) is 0 Å². The highest BCUT2D eigenvalue weighted by molar-refractivity contribution is 9.10. The Hall–Kier alpha value is -2.14. The fraction of sp³-hybridized carbons (Fsp3) is 0.0625. The van der Waals surface area contributed by atoms with E-state index in [2.05, 4.69) is 20.9 Å². The lowest BCUT2D eigenvalue weighted by molar-refractivity contribution is 0.103. The molecule has 3 rings (SSSR count). The molecule has 2 aromatic carbocycles. The molecule has 0 aliphatic rings. The van der Waals surface area contributed by atoms with Gasteiger partial charge in [-0.05, 0) is 46.3 Å². The molecule has 0 radical (unpaired) electrons. The number of hydrogen-bond donors (Lipinski definition) is 1. The number of hydrogen-bond acceptors (Lipinski definition) is 2. The second kappa shape index (κ2) is 5.33. The zero-order chi connectivity index (χ0) is 15.0. The number of aromatic amines is 1. The van der Waals surface area contributed by atoms with Crippen LogP contribution in [-0.2, 0) is 0 Å². The summed E-state index contributed by atoms with van der Waals surface area (Å²) in [4.78, 5) is 15.6. The van der Waals surface area contributed by atoms with E-state index < -0.39 is 5.82 Å². The zero-order valence-corrected chi connectivity index (χ0v) is 12.7. The molecule has 0 aliphatic heterocycles. The van der Waals surface area contributed by atoms with Gasteiger partial charge in [0.25, 0.3) is 0 Å². The van der Waals surface area contributed by atoms with Gasteiger partial charge in [0.05, 0.1) is 12.7 Å². The van der Waals surface area contributed by atoms with Crippen molar-refractivity contribution in [3.05, 3.63) is 64.0 Å². The minimum atomic E-state index is -0.549. The lowest BCUT2D eigenvalue weighted by Crippen LogP contribution is -2.04. The summed E-state index contributed by atoms with van der Waals surface area (Å²) in [5.41, 5.74) is 1.24. The highest BCUT2D eigenvalue weighted by atomic mass is 79.9. The highest BCUT2D eigenvalue weighted by Gasteiger charge is 2.20. The first-order chi connectivity index (χ1) is 10.1. The molecule has 5 heteroatoms. The monoisotopic (exact) mass is 347 g/mol. The molecular formula is C16H11BrFNO2. The number of nitrogens with one attached hydrogen (secondary N) is 1. The van der Waals surface area contributed by atoms with E-state index in [9.17, 15) is 9.18 Å². The van der Waals surface area contributed by atoms with Crippen LogP contribution in [0.15, 0.2) is 47.1 Å². The first kappa shape index (κ1) is 13.8. The predicted molar refractivity (Wildman–Crippen MR) is 82.4 cm³/mol. The van der Waals surface area contributed by atoms with Gasteiger partial charge in [-0.2, -0.15) is 0 Å². The summed E-state index contributed by atoms with van der Waals surface area (Å²) in [7, 11) is 1.56. The molecule has 0 atom stereocenters. The van der Waals surface area contributed by atoms with Gasteiger partial charge in [0, 0.05) is 27.1 Å². The minimum absolute atomic E-state index is 0.0289. The lowest BCUT2D eigenvalue weighted by Gasteiger charge is -2.05. The second-order valence-corrected chi connectivity index (χ2v) is 5.39. The van der Waals surface area contributed by atoms with Gasteiger partial charge in [0.2, 0.25) is 0 Å². The van der Waals surface area contributed by atoms with Crippen LogP contribution >= 0.6 is 15.9 Å². The summed E-state index contributed by atoms with van der Waals surface area (Å²) in [6.07, 6.45) is 1.59. The van der Waals surface area contributed by atoms with Crippen LogP contribution in [0.4, 0.5) is 4.39 Å². The van der Waals surface area contributed by atoms with Crippen molar-refractivity contribution < 1.29 is 13.9 Å². The van der Waals surface area contributed by atoms with E-state index in [1.165, 1.54) is 6.07 Å². The molecule has 0 saturated heterocycles. The third kappa shape index (κ3) is 2.34. The van der Waals surface area contributed by atoms with Crippen LogP contribution in [0.5, 0.6) is 5.75 Å². The first-order valence-corrected chi connectivity index (χ1v) is 7.05. The summed E-state index contributed by atoms with van der Waals surface area (Å²) in [6, 6.07) is 9.84. The number of ether oxygens (including phenoxy) is 1. The Bertz CT molecular complexity index is 821. The minimum Gasteiger partial charge on any atom is -0.497 e. The van der Waals surface area contributed by atoms with Gasteiger partial charge in [0.1, 0.15) is 11.6 Å². The van der Waals surface area contributed by atoms with E-state index in [0.29, 0.717) is 21.2 Å². The number of methoxy groups -OCH3 is 1. The van der Waals surface area contributed by atoms with Crippen molar-refractivity contribution in [1.82, 2.24) is 4.98 Å². The van der Waals surface area contributed by atoms with Crippen LogP contribution in [0.1, 0.15) is 15.9 Å². The average Bonchev–Trinajstić information content (AvgIpc) is 2.89. The van der Waals surface area contributed by atoms with Crippen LogP contribution in [0.25, 0.3) is 10.9 Å². The van der Waals surface area contributed by atoms with Crippen LogP contribution in [0, 0.1) is 5.82 Å². The summed E-state index contributed by atoms with van der Waals surface area (Å²) in [5.74, 6) is -0.283. The number of aromatic nitrogens is 1. The van der Waals surface area contributed by atoms with Crippen LogP contribution in [0.2, 0.25) is 0 Å². The lowest BCUT2D eigenvalue weighted by atomic mass is 10.0. The van der Waals surface area contributed by atoms with E-state index in [4.69, 9.17) is 4.74 Å². The van der Waals surface area contributed by atoms with E-state index in [1.807, 2.05) is 6.07 Å². The molecule has 21 heavy (non-hydrogen) atoms. The van der Waals surface area contributed by atoms with Gasteiger partial charge >= 0.3 is 0 Å². The number of fused-ring (bicyclic) bond motifs is 1. The molecule has 0 saturated carbocycles. The zero-order valence-electron chi connectivity index (χ0n) is 11.1. The van der Waals surface area contributed by atoms with E-state index in [1.54, 1.807) is 37.6 Å². The van der Waals surface area contributed by atoms with Crippen LogP contribution < -0.4 is 4.74 Å². The largest absolute Gasteiger partial charge is 0.497 e. The summed E-state index contributed by atoms with van der Waals surface area (Å²) in [6.45, 7) is 0. The molecule has 3 aromatic rings. The average molecular weight is 348 g/mol. The molecule has 106 valence electrons. The fourth-order valence-corrected chi connectivity index (χ4v) is 2.79. The quantitative estimate of drug-likeness (QED) is 0.717. The Morgan fingerprint density at radius 2 is 2.10 bits per heavy atom. The number of carbonyl (C=O) groups is 1.